The predicted octanol–water partition coefficient (Wildman–Crippen LogP) is -0.581. The molecule has 1 aliphatic rings. The summed E-state index contributed by atoms with van der Waals surface area (Å²) >= 11 is 0. The van der Waals surface area contributed by atoms with Crippen molar-refractivity contribution in [1.82, 2.24) is 10.6 Å². The van der Waals surface area contributed by atoms with Crippen LogP contribution >= 0.6 is 0 Å². The maximum absolute atomic E-state index is 12.6. The van der Waals surface area contributed by atoms with Gasteiger partial charge in [-0.1, -0.05) is 18.2 Å². The number of carbonyl (C=O) groups excluding carboxylic acids is 1. The third kappa shape index (κ3) is 4.44. The van der Waals surface area contributed by atoms with Gasteiger partial charge in [0, 0.05) is 6.54 Å². The molecule has 1 amide bonds. The number of halogens is 3. The molecule has 1 aromatic rings. The van der Waals surface area contributed by atoms with Crippen LogP contribution in [0.1, 0.15) is 11.1 Å². The van der Waals surface area contributed by atoms with E-state index in [-0.39, 0.29) is 25.1 Å². The van der Waals surface area contributed by atoms with Crippen molar-refractivity contribution < 1.29 is 33.3 Å². The Morgan fingerprint density at radius 2 is 1.88 bits per heavy atom. The van der Waals surface area contributed by atoms with Crippen molar-refractivity contribution in [2.75, 3.05) is 13.2 Å². The lowest BCUT2D eigenvalue weighted by atomic mass is 10.1. The van der Waals surface area contributed by atoms with E-state index in [9.17, 15) is 28.2 Å². The summed E-state index contributed by atoms with van der Waals surface area (Å²) in [6, 6.07) is 3.15. The number of hydrogen-bond donors (Lipinski definition) is 5. The second kappa shape index (κ2) is 7.47. The van der Waals surface area contributed by atoms with E-state index in [1.807, 2.05) is 0 Å². The van der Waals surface area contributed by atoms with Gasteiger partial charge in [-0.05, 0) is 11.6 Å². The molecule has 9 heteroatoms. The molecule has 1 aromatic carbocycles. The summed E-state index contributed by atoms with van der Waals surface area (Å²) < 4.78 is 37.9. The lowest BCUT2D eigenvalue weighted by molar-refractivity contribution is -0.137. The van der Waals surface area contributed by atoms with Crippen LogP contribution in [0.4, 0.5) is 13.2 Å². The molecule has 1 aliphatic heterocycles. The zero-order valence-electron chi connectivity index (χ0n) is 12.6. The van der Waals surface area contributed by atoms with Gasteiger partial charge < -0.3 is 26.0 Å². The number of aliphatic hydroxyl groups is 3. The average molecular weight is 348 g/mol. The third-order valence-corrected chi connectivity index (χ3v) is 3.94. The van der Waals surface area contributed by atoms with E-state index in [0.29, 0.717) is 0 Å². The average Bonchev–Trinajstić information content (AvgIpc) is 2.80. The largest absolute Gasteiger partial charge is 0.416 e. The van der Waals surface area contributed by atoms with Gasteiger partial charge in [-0.2, -0.15) is 13.2 Å². The molecule has 0 aliphatic carbocycles. The lowest BCUT2D eigenvalue weighted by Crippen LogP contribution is -2.44. The highest BCUT2D eigenvalue weighted by Crippen LogP contribution is 2.29. The van der Waals surface area contributed by atoms with Gasteiger partial charge in [-0.3, -0.25) is 4.79 Å². The van der Waals surface area contributed by atoms with E-state index < -0.39 is 41.9 Å². The molecule has 0 bridgehead atoms. The van der Waals surface area contributed by atoms with Crippen molar-refractivity contribution in [3.05, 3.63) is 35.4 Å². The van der Waals surface area contributed by atoms with Crippen molar-refractivity contribution in [2.45, 2.75) is 36.9 Å². The monoisotopic (exact) mass is 348 g/mol. The maximum atomic E-state index is 12.6. The summed E-state index contributed by atoms with van der Waals surface area (Å²) in [6.45, 7) is -0.389. The highest BCUT2D eigenvalue weighted by Gasteiger charge is 2.40. The topological polar surface area (TPSA) is 102 Å². The number of rotatable bonds is 5. The smallest absolute Gasteiger partial charge is 0.395 e. The zero-order chi connectivity index (χ0) is 17.9. The number of hydrogen-bond acceptors (Lipinski definition) is 5. The fourth-order valence-electron chi connectivity index (χ4n) is 2.62. The SMILES string of the molecule is O=C(Cc1cccc(C(F)(F)F)c1)NC[C@@H]1N[C@H](CO)[C@H](O)[C@@H]1O. The maximum Gasteiger partial charge on any atom is 0.416 e. The summed E-state index contributed by atoms with van der Waals surface area (Å²) in [5.74, 6) is -0.509. The van der Waals surface area contributed by atoms with E-state index in [4.69, 9.17) is 5.11 Å². The van der Waals surface area contributed by atoms with Crippen LogP contribution in [-0.2, 0) is 17.4 Å². The number of carbonyl (C=O) groups is 1. The highest BCUT2D eigenvalue weighted by atomic mass is 19.4. The van der Waals surface area contributed by atoms with Gasteiger partial charge in [0.25, 0.3) is 0 Å². The number of amides is 1. The molecule has 6 nitrogen and oxygen atoms in total. The van der Waals surface area contributed by atoms with Gasteiger partial charge >= 0.3 is 6.18 Å². The molecule has 0 unspecified atom stereocenters. The van der Waals surface area contributed by atoms with Gasteiger partial charge in [0.05, 0.1) is 42.9 Å². The number of nitrogens with one attached hydrogen (secondary N) is 2. The Hall–Kier alpha value is -1.68. The first kappa shape index (κ1) is 18.7. The second-order valence-corrected chi connectivity index (χ2v) is 5.72. The molecule has 24 heavy (non-hydrogen) atoms. The minimum absolute atomic E-state index is 0.0213. The fourth-order valence-corrected chi connectivity index (χ4v) is 2.62. The van der Waals surface area contributed by atoms with Crippen LogP contribution in [0, 0.1) is 0 Å². The molecule has 0 saturated carbocycles. The van der Waals surface area contributed by atoms with Crippen LogP contribution in [-0.4, -0.2) is 58.7 Å². The van der Waals surface area contributed by atoms with Crippen molar-refractivity contribution >= 4 is 5.91 Å². The van der Waals surface area contributed by atoms with Gasteiger partial charge in [0.1, 0.15) is 0 Å². The lowest BCUT2D eigenvalue weighted by Gasteiger charge is -2.16. The summed E-state index contributed by atoms with van der Waals surface area (Å²) in [7, 11) is 0. The van der Waals surface area contributed by atoms with Crippen molar-refractivity contribution in [3.63, 3.8) is 0 Å². The summed E-state index contributed by atoms with van der Waals surface area (Å²) in [5.41, 5.74) is -0.606. The number of aliphatic hydroxyl groups excluding tert-OH is 3. The van der Waals surface area contributed by atoms with Crippen molar-refractivity contribution in [1.29, 1.82) is 0 Å². The van der Waals surface area contributed by atoms with Crippen LogP contribution in [0.2, 0.25) is 0 Å². The van der Waals surface area contributed by atoms with E-state index >= 15 is 0 Å². The van der Waals surface area contributed by atoms with Gasteiger partial charge in [0.2, 0.25) is 5.91 Å². The summed E-state index contributed by atoms with van der Waals surface area (Å²) in [6.07, 6.45) is -7.02. The fraction of sp³-hybridized carbons (Fsp3) is 0.533. The molecule has 0 aromatic heterocycles. The van der Waals surface area contributed by atoms with Crippen LogP contribution in [0.3, 0.4) is 0 Å². The Balaban J connectivity index is 1.88. The number of alkyl halides is 3. The molecular weight excluding hydrogens is 329 g/mol. The Morgan fingerprint density at radius 3 is 2.46 bits per heavy atom. The molecule has 1 saturated heterocycles. The van der Waals surface area contributed by atoms with Gasteiger partial charge in [0.15, 0.2) is 0 Å². The molecule has 1 heterocycles. The summed E-state index contributed by atoms with van der Waals surface area (Å²) in [5, 5.41) is 33.7. The molecule has 0 spiro atoms. The molecular formula is C15H19F3N2O4. The minimum atomic E-state index is -4.47. The molecule has 134 valence electrons. The Bertz CT molecular complexity index is 582. The standard InChI is InChI=1S/C15H19F3N2O4/c16-15(17,18)9-3-1-2-8(4-9)5-12(22)19-6-10-13(23)14(24)11(7-21)20-10/h1-4,10-11,13-14,20-21,23-24H,5-7H2,(H,19,22)/t10-,11+,13+,14-/m0/s1. The molecule has 4 atom stereocenters. The van der Waals surface area contributed by atoms with Crippen LogP contribution < -0.4 is 10.6 Å². The van der Waals surface area contributed by atoms with Gasteiger partial charge in [-0.15, -0.1) is 0 Å². The Labute approximate surface area is 136 Å². The zero-order valence-corrected chi connectivity index (χ0v) is 12.6. The predicted molar refractivity (Wildman–Crippen MR) is 78.0 cm³/mol. The van der Waals surface area contributed by atoms with Crippen molar-refractivity contribution in [3.8, 4) is 0 Å². The molecule has 0 radical (unpaired) electrons. The van der Waals surface area contributed by atoms with E-state index in [0.717, 1.165) is 12.1 Å². The first-order chi connectivity index (χ1) is 11.2. The van der Waals surface area contributed by atoms with Crippen molar-refractivity contribution in [2.24, 2.45) is 0 Å². The van der Waals surface area contributed by atoms with E-state index in [2.05, 4.69) is 10.6 Å². The van der Waals surface area contributed by atoms with Crippen LogP contribution in [0.5, 0.6) is 0 Å². The number of benzene rings is 1. The second-order valence-electron chi connectivity index (χ2n) is 5.72. The summed E-state index contributed by atoms with van der Waals surface area (Å²) in [4.78, 5) is 11.9. The minimum Gasteiger partial charge on any atom is -0.395 e. The molecule has 5 N–H and O–H groups in total. The Kier molecular flexibility index (Phi) is 5.81. The van der Waals surface area contributed by atoms with Crippen LogP contribution in [0.15, 0.2) is 24.3 Å². The van der Waals surface area contributed by atoms with E-state index in [1.165, 1.54) is 12.1 Å². The first-order valence-corrected chi connectivity index (χ1v) is 7.38. The van der Waals surface area contributed by atoms with Crippen LogP contribution in [0.25, 0.3) is 0 Å². The normalized spacial score (nSPS) is 27.2. The highest BCUT2D eigenvalue weighted by molar-refractivity contribution is 5.78. The van der Waals surface area contributed by atoms with Gasteiger partial charge in [-0.25, -0.2) is 0 Å². The third-order valence-electron chi connectivity index (χ3n) is 3.94. The van der Waals surface area contributed by atoms with E-state index in [1.54, 1.807) is 0 Å². The Morgan fingerprint density at radius 1 is 1.21 bits per heavy atom. The molecule has 2 rings (SSSR count). The quantitative estimate of drug-likeness (QED) is 0.490. The molecule has 1 fully saturated rings. The first-order valence-electron chi connectivity index (χ1n) is 7.38.